The van der Waals surface area contributed by atoms with Gasteiger partial charge in [0.05, 0.1) is 11.0 Å². The summed E-state index contributed by atoms with van der Waals surface area (Å²) in [5.41, 5.74) is 0.779. The third-order valence-corrected chi connectivity index (χ3v) is 4.95. The minimum absolute atomic E-state index is 0.295. The van der Waals surface area contributed by atoms with E-state index in [4.69, 9.17) is 0 Å². The molecule has 20 heavy (non-hydrogen) atoms. The van der Waals surface area contributed by atoms with E-state index in [1.54, 1.807) is 24.3 Å². The fourth-order valence-corrected chi connectivity index (χ4v) is 3.24. The third-order valence-electron chi connectivity index (χ3n) is 3.82. The number of rotatable bonds is 4. The molecular formula is C15H23NO3S. The highest BCUT2D eigenvalue weighted by Crippen LogP contribution is 2.19. The Labute approximate surface area is 121 Å². The number of nitrogens with zero attached hydrogens (tertiary/aromatic N) is 1. The lowest BCUT2D eigenvalue weighted by Gasteiger charge is -2.23. The average Bonchev–Trinajstić information content (AvgIpc) is 2.66. The number of sulfone groups is 1. The van der Waals surface area contributed by atoms with E-state index >= 15 is 0 Å². The van der Waals surface area contributed by atoms with Crippen LogP contribution < -0.4 is 0 Å². The molecule has 1 aromatic rings. The zero-order valence-electron chi connectivity index (χ0n) is 12.0. The van der Waals surface area contributed by atoms with Crippen LogP contribution in [-0.4, -0.2) is 44.3 Å². The molecular weight excluding hydrogens is 274 g/mol. The molecule has 1 atom stereocenters. The van der Waals surface area contributed by atoms with E-state index in [0.717, 1.165) is 18.7 Å². The van der Waals surface area contributed by atoms with Gasteiger partial charge in [0, 0.05) is 12.8 Å². The van der Waals surface area contributed by atoms with Gasteiger partial charge in [0.2, 0.25) is 0 Å². The maximum atomic E-state index is 11.4. The first kappa shape index (κ1) is 15.5. The van der Waals surface area contributed by atoms with Gasteiger partial charge in [-0.15, -0.1) is 0 Å². The molecule has 1 fully saturated rings. The molecule has 0 amide bonds. The fraction of sp³-hybridized carbons (Fsp3) is 0.600. The highest BCUT2D eigenvalue weighted by molar-refractivity contribution is 7.90. The van der Waals surface area contributed by atoms with Gasteiger partial charge >= 0.3 is 0 Å². The molecule has 1 aromatic carbocycles. The molecule has 5 heteroatoms. The Hall–Kier alpha value is -0.910. The molecule has 0 unspecified atom stereocenters. The number of β-amino-alcohol motifs (C(OH)–C–C–N with tert-alkyl or cyclic N) is 1. The molecule has 1 heterocycles. The van der Waals surface area contributed by atoms with Gasteiger partial charge in [-0.3, -0.25) is 0 Å². The van der Waals surface area contributed by atoms with E-state index in [9.17, 15) is 13.5 Å². The number of aliphatic hydroxyl groups is 1. The Morgan fingerprint density at radius 1 is 1.10 bits per heavy atom. The van der Waals surface area contributed by atoms with Crippen LogP contribution in [0.3, 0.4) is 0 Å². The zero-order valence-corrected chi connectivity index (χ0v) is 12.8. The smallest absolute Gasteiger partial charge is 0.175 e. The largest absolute Gasteiger partial charge is 0.387 e. The number of hydrogen-bond donors (Lipinski definition) is 1. The van der Waals surface area contributed by atoms with Gasteiger partial charge in [0.1, 0.15) is 0 Å². The first-order valence-electron chi connectivity index (χ1n) is 7.17. The molecule has 1 N–H and O–H groups in total. The lowest BCUT2D eigenvalue weighted by molar-refractivity contribution is 0.115. The van der Waals surface area contributed by atoms with Gasteiger partial charge in [-0.1, -0.05) is 25.0 Å². The summed E-state index contributed by atoms with van der Waals surface area (Å²) in [5.74, 6) is 0. The molecule has 0 radical (unpaired) electrons. The van der Waals surface area contributed by atoms with Crippen molar-refractivity contribution in [2.24, 2.45) is 0 Å². The SMILES string of the molecule is CS(=O)(=O)c1ccc([C@H](O)CN2CCCCCC2)cc1. The number of aliphatic hydroxyl groups excluding tert-OH is 1. The zero-order chi connectivity index (χ0) is 14.6. The second-order valence-electron chi connectivity index (χ2n) is 5.57. The van der Waals surface area contributed by atoms with E-state index < -0.39 is 15.9 Å². The molecule has 1 aliphatic rings. The van der Waals surface area contributed by atoms with Gasteiger partial charge in [-0.05, 0) is 43.6 Å². The van der Waals surface area contributed by atoms with Crippen molar-refractivity contribution in [1.82, 2.24) is 4.90 Å². The first-order chi connectivity index (χ1) is 9.47. The molecule has 4 nitrogen and oxygen atoms in total. The average molecular weight is 297 g/mol. The van der Waals surface area contributed by atoms with Crippen molar-refractivity contribution in [1.29, 1.82) is 0 Å². The summed E-state index contributed by atoms with van der Waals surface area (Å²) < 4.78 is 22.8. The van der Waals surface area contributed by atoms with Gasteiger partial charge in [0.25, 0.3) is 0 Å². The maximum absolute atomic E-state index is 11.4. The highest BCUT2D eigenvalue weighted by Gasteiger charge is 2.16. The van der Waals surface area contributed by atoms with Gasteiger partial charge in [-0.25, -0.2) is 8.42 Å². The second-order valence-corrected chi connectivity index (χ2v) is 7.59. The van der Waals surface area contributed by atoms with Crippen molar-refractivity contribution < 1.29 is 13.5 Å². The van der Waals surface area contributed by atoms with Crippen LogP contribution in [0.1, 0.15) is 37.4 Å². The summed E-state index contributed by atoms with van der Waals surface area (Å²) in [6, 6.07) is 6.55. The molecule has 0 aromatic heterocycles. The minimum atomic E-state index is -3.17. The molecule has 0 bridgehead atoms. The fourth-order valence-electron chi connectivity index (χ4n) is 2.61. The van der Waals surface area contributed by atoms with Gasteiger partial charge in [-0.2, -0.15) is 0 Å². The Morgan fingerprint density at radius 3 is 2.15 bits per heavy atom. The van der Waals surface area contributed by atoms with Crippen molar-refractivity contribution in [3.63, 3.8) is 0 Å². The molecule has 1 aliphatic heterocycles. The van der Waals surface area contributed by atoms with Crippen molar-refractivity contribution >= 4 is 9.84 Å². The normalized spacial score (nSPS) is 19.5. The summed E-state index contributed by atoms with van der Waals surface area (Å²) in [7, 11) is -3.17. The van der Waals surface area contributed by atoms with Crippen LogP contribution in [0.2, 0.25) is 0 Å². The topological polar surface area (TPSA) is 57.6 Å². The van der Waals surface area contributed by atoms with Crippen molar-refractivity contribution in [3.8, 4) is 0 Å². The van der Waals surface area contributed by atoms with Crippen LogP contribution in [0.15, 0.2) is 29.2 Å². The quantitative estimate of drug-likeness (QED) is 0.923. The summed E-state index contributed by atoms with van der Waals surface area (Å²) >= 11 is 0. The minimum Gasteiger partial charge on any atom is -0.387 e. The number of hydrogen-bond acceptors (Lipinski definition) is 4. The lowest BCUT2D eigenvalue weighted by Crippen LogP contribution is -2.29. The molecule has 2 rings (SSSR count). The van der Waals surface area contributed by atoms with Crippen LogP contribution in [0.25, 0.3) is 0 Å². The first-order valence-corrected chi connectivity index (χ1v) is 9.06. The maximum Gasteiger partial charge on any atom is 0.175 e. The van der Waals surface area contributed by atoms with Crippen LogP contribution in [0.5, 0.6) is 0 Å². The molecule has 112 valence electrons. The number of benzene rings is 1. The van der Waals surface area contributed by atoms with E-state index in [1.807, 2.05) is 0 Å². The van der Waals surface area contributed by atoms with Crippen LogP contribution in [0, 0.1) is 0 Å². The number of likely N-dealkylation sites (tertiary alicyclic amines) is 1. The predicted octanol–water partition coefficient (Wildman–Crippen LogP) is 2.00. The van der Waals surface area contributed by atoms with Crippen molar-refractivity contribution in [3.05, 3.63) is 29.8 Å². The van der Waals surface area contributed by atoms with Crippen molar-refractivity contribution in [2.45, 2.75) is 36.7 Å². The Kier molecular flexibility index (Phi) is 5.18. The van der Waals surface area contributed by atoms with Gasteiger partial charge in [0.15, 0.2) is 9.84 Å². The standard InChI is InChI=1S/C15H23NO3S/c1-20(18,19)14-8-6-13(7-9-14)15(17)12-16-10-4-2-3-5-11-16/h6-9,15,17H,2-5,10-12H2,1H3/t15-/m1/s1. The monoisotopic (exact) mass is 297 g/mol. The third kappa shape index (κ3) is 4.30. The molecule has 0 aliphatic carbocycles. The van der Waals surface area contributed by atoms with Crippen molar-refractivity contribution in [2.75, 3.05) is 25.9 Å². The second kappa shape index (κ2) is 6.70. The van der Waals surface area contributed by atoms with E-state index in [2.05, 4.69) is 4.90 Å². The van der Waals surface area contributed by atoms with E-state index in [0.29, 0.717) is 11.4 Å². The van der Waals surface area contributed by atoms with Crippen LogP contribution >= 0.6 is 0 Å². The summed E-state index contributed by atoms with van der Waals surface area (Å²) in [4.78, 5) is 2.59. The Bertz CT molecular complexity index is 517. The summed E-state index contributed by atoms with van der Waals surface area (Å²) in [5, 5.41) is 10.3. The van der Waals surface area contributed by atoms with E-state index in [1.165, 1.54) is 31.9 Å². The predicted molar refractivity (Wildman–Crippen MR) is 79.4 cm³/mol. The summed E-state index contributed by atoms with van der Waals surface area (Å²) in [6.45, 7) is 2.70. The lowest BCUT2D eigenvalue weighted by atomic mass is 10.1. The molecule has 1 saturated heterocycles. The van der Waals surface area contributed by atoms with E-state index in [-0.39, 0.29) is 0 Å². The van der Waals surface area contributed by atoms with Gasteiger partial charge < -0.3 is 10.0 Å². The summed E-state index contributed by atoms with van der Waals surface area (Å²) in [6.07, 6.45) is 5.57. The Morgan fingerprint density at radius 2 is 1.65 bits per heavy atom. The molecule has 0 spiro atoms. The van der Waals surface area contributed by atoms with Crippen LogP contribution in [-0.2, 0) is 9.84 Å². The highest BCUT2D eigenvalue weighted by atomic mass is 32.2. The Balaban J connectivity index is 1.99. The van der Waals surface area contributed by atoms with Crippen LogP contribution in [0.4, 0.5) is 0 Å². The molecule has 0 saturated carbocycles.